The Hall–Kier alpha value is -0.550. The van der Waals surface area contributed by atoms with E-state index in [2.05, 4.69) is 59.3 Å². The lowest BCUT2D eigenvalue weighted by molar-refractivity contribution is -0.0502. The summed E-state index contributed by atoms with van der Waals surface area (Å²) < 4.78 is 6.14. The second-order valence-electron chi connectivity index (χ2n) is 8.59. The molecule has 3 aliphatic rings. The number of hydrogen-bond donors (Lipinski definition) is 2. The van der Waals surface area contributed by atoms with Gasteiger partial charge < -0.3 is 20.1 Å². The molecule has 2 heterocycles. The fourth-order valence-electron chi connectivity index (χ4n) is 4.80. The number of halogens is 1. The number of aliphatic imine (C=N–C) groups is 1. The number of guanidine groups is 1. The Bertz CT molecular complexity index is 725. The lowest BCUT2D eigenvalue weighted by Gasteiger charge is -2.44. The molecule has 2 aliphatic heterocycles. The zero-order valence-electron chi connectivity index (χ0n) is 18.7. The summed E-state index contributed by atoms with van der Waals surface area (Å²) in [6.45, 7) is 10.0. The van der Waals surface area contributed by atoms with Gasteiger partial charge >= 0.3 is 0 Å². The molecule has 2 saturated heterocycles. The Balaban J connectivity index is 0.00000272. The Kier molecular flexibility index (Phi) is 9.34. The summed E-state index contributed by atoms with van der Waals surface area (Å²) in [4.78, 5) is 9.76. The van der Waals surface area contributed by atoms with Crippen LogP contribution in [0.3, 0.4) is 0 Å². The normalized spacial score (nSPS) is 31.0. The summed E-state index contributed by atoms with van der Waals surface area (Å²) in [6, 6.07) is 11.1. The van der Waals surface area contributed by atoms with E-state index in [1.165, 1.54) is 5.56 Å². The van der Waals surface area contributed by atoms with Crippen molar-refractivity contribution in [2.45, 2.75) is 56.2 Å². The number of fused-ring (bicyclic) bond motifs is 1. The molecule has 174 valence electrons. The van der Waals surface area contributed by atoms with E-state index in [4.69, 9.17) is 9.73 Å². The Morgan fingerprint density at radius 1 is 1.29 bits per heavy atom. The molecule has 3 fully saturated rings. The quantitative estimate of drug-likeness (QED) is 0.304. The number of benzene rings is 1. The van der Waals surface area contributed by atoms with Crippen molar-refractivity contribution in [3.8, 4) is 0 Å². The fourth-order valence-corrected chi connectivity index (χ4v) is 5.99. The molecule has 0 amide bonds. The summed E-state index contributed by atoms with van der Waals surface area (Å²) in [6.07, 6.45) is 2.16. The highest BCUT2D eigenvalue weighted by atomic mass is 127. The van der Waals surface area contributed by atoms with Gasteiger partial charge in [-0.25, -0.2) is 0 Å². The molecule has 4 unspecified atom stereocenters. The molecular weight excluding hydrogens is 523 g/mol. The van der Waals surface area contributed by atoms with E-state index < -0.39 is 5.60 Å². The number of hydrogen-bond acceptors (Lipinski definition) is 5. The molecule has 0 radical (unpaired) electrons. The van der Waals surface area contributed by atoms with Gasteiger partial charge in [0.25, 0.3) is 0 Å². The molecule has 1 saturated carbocycles. The maximum absolute atomic E-state index is 11.0. The van der Waals surface area contributed by atoms with Crippen molar-refractivity contribution in [3.63, 3.8) is 0 Å². The molecular formula is C23H37IN4O2S. The minimum atomic E-state index is -0.649. The molecule has 0 aromatic heterocycles. The van der Waals surface area contributed by atoms with Crippen molar-refractivity contribution in [2.75, 3.05) is 45.1 Å². The second-order valence-corrected chi connectivity index (χ2v) is 10.1. The standard InChI is InChI=1S/C23H36N4O2S.HI/c1-3-24-22(25-17-23(28)11-10-21(23)30-4-2)27-15-19-20(16-27)29-13-12-26(19)14-18-8-6-5-7-9-18;/h5-9,19-21,28H,3-4,10-17H2,1-2H3,(H,24,25);1H. The van der Waals surface area contributed by atoms with Crippen molar-refractivity contribution in [1.82, 2.24) is 15.1 Å². The highest BCUT2D eigenvalue weighted by molar-refractivity contribution is 14.0. The van der Waals surface area contributed by atoms with Gasteiger partial charge in [0.15, 0.2) is 5.96 Å². The summed E-state index contributed by atoms with van der Waals surface area (Å²) in [5, 5.41) is 14.7. The van der Waals surface area contributed by atoms with Gasteiger partial charge in [-0.15, -0.1) is 24.0 Å². The zero-order chi connectivity index (χ0) is 21.0. The average molecular weight is 561 g/mol. The molecule has 1 aromatic carbocycles. The van der Waals surface area contributed by atoms with Crippen LogP contribution in [0, 0.1) is 0 Å². The molecule has 2 N–H and O–H groups in total. The third-order valence-electron chi connectivity index (χ3n) is 6.59. The number of ether oxygens (including phenoxy) is 1. The van der Waals surface area contributed by atoms with Crippen LogP contribution in [-0.2, 0) is 11.3 Å². The zero-order valence-corrected chi connectivity index (χ0v) is 21.9. The monoisotopic (exact) mass is 560 g/mol. The van der Waals surface area contributed by atoms with Gasteiger partial charge in [0, 0.05) is 38.0 Å². The van der Waals surface area contributed by atoms with Gasteiger partial charge in [-0.2, -0.15) is 11.8 Å². The number of thioether (sulfide) groups is 1. The smallest absolute Gasteiger partial charge is 0.194 e. The number of morpholine rings is 1. The van der Waals surface area contributed by atoms with Gasteiger partial charge in [-0.1, -0.05) is 37.3 Å². The number of nitrogens with zero attached hydrogens (tertiary/aromatic N) is 3. The maximum atomic E-state index is 11.0. The molecule has 6 nitrogen and oxygen atoms in total. The molecule has 0 spiro atoms. The SMILES string of the molecule is CCNC(=NCC1(O)CCC1SCC)N1CC2OCCN(Cc3ccccc3)C2C1.I. The van der Waals surface area contributed by atoms with Crippen molar-refractivity contribution < 1.29 is 9.84 Å². The van der Waals surface area contributed by atoms with Crippen LogP contribution in [0.4, 0.5) is 0 Å². The van der Waals surface area contributed by atoms with Crippen molar-refractivity contribution in [1.29, 1.82) is 0 Å². The van der Waals surface area contributed by atoms with Crippen molar-refractivity contribution in [2.24, 2.45) is 4.99 Å². The highest BCUT2D eigenvalue weighted by Crippen LogP contribution is 2.41. The van der Waals surface area contributed by atoms with E-state index in [0.29, 0.717) is 17.8 Å². The van der Waals surface area contributed by atoms with Gasteiger partial charge in [0.1, 0.15) is 0 Å². The van der Waals surface area contributed by atoms with E-state index in [-0.39, 0.29) is 30.1 Å². The summed E-state index contributed by atoms with van der Waals surface area (Å²) in [5.41, 5.74) is 0.702. The van der Waals surface area contributed by atoms with E-state index in [0.717, 1.165) is 63.9 Å². The Labute approximate surface area is 208 Å². The molecule has 4 rings (SSSR count). The number of rotatable bonds is 7. The minimum absolute atomic E-state index is 0. The Morgan fingerprint density at radius 2 is 2.10 bits per heavy atom. The van der Waals surface area contributed by atoms with E-state index >= 15 is 0 Å². The topological polar surface area (TPSA) is 60.3 Å². The Morgan fingerprint density at radius 3 is 2.77 bits per heavy atom. The van der Waals surface area contributed by atoms with Gasteiger partial charge in [0.2, 0.25) is 0 Å². The lowest BCUT2D eigenvalue weighted by Crippen LogP contribution is -2.53. The molecule has 8 heteroatoms. The molecule has 0 bridgehead atoms. The molecule has 1 aromatic rings. The van der Waals surface area contributed by atoms with Crippen LogP contribution >= 0.6 is 35.7 Å². The summed E-state index contributed by atoms with van der Waals surface area (Å²) in [5.74, 6) is 1.96. The summed E-state index contributed by atoms with van der Waals surface area (Å²) in [7, 11) is 0. The van der Waals surface area contributed by atoms with Crippen LogP contribution in [0.15, 0.2) is 35.3 Å². The third kappa shape index (κ3) is 5.88. The maximum Gasteiger partial charge on any atom is 0.194 e. The lowest BCUT2D eigenvalue weighted by atomic mass is 9.79. The van der Waals surface area contributed by atoms with Crippen LogP contribution in [0.1, 0.15) is 32.3 Å². The van der Waals surface area contributed by atoms with Gasteiger partial charge in [-0.05, 0) is 31.1 Å². The summed E-state index contributed by atoms with van der Waals surface area (Å²) >= 11 is 1.86. The number of likely N-dealkylation sites (tertiary alicyclic amines) is 1. The largest absolute Gasteiger partial charge is 0.387 e. The first kappa shape index (κ1) is 25.1. The van der Waals surface area contributed by atoms with Crippen LogP contribution in [-0.4, -0.2) is 88.9 Å². The van der Waals surface area contributed by atoms with Gasteiger partial charge in [-0.3, -0.25) is 9.89 Å². The van der Waals surface area contributed by atoms with E-state index in [9.17, 15) is 5.11 Å². The second kappa shape index (κ2) is 11.5. The van der Waals surface area contributed by atoms with Crippen molar-refractivity contribution in [3.05, 3.63) is 35.9 Å². The molecule has 31 heavy (non-hydrogen) atoms. The first-order valence-corrected chi connectivity index (χ1v) is 12.4. The number of aliphatic hydroxyl groups is 1. The third-order valence-corrected chi connectivity index (χ3v) is 8.00. The van der Waals surface area contributed by atoms with Crippen LogP contribution < -0.4 is 5.32 Å². The predicted octanol–water partition coefficient (Wildman–Crippen LogP) is 2.80. The van der Waals surface area contributed by atoms with E-state index in [1.54, 1.807) is 0 Å². The first-order chi connectivity index (χ1) is 14.6. The van der Waals surface area contributed by atoms with Crippen molar-refractivity contribution >= 4 is 41.7 Å². The van der Waals surface area contributed by atoms with E-state index in [1.807, 2.05) is 11.8 Å². The minimum Gasteiger partial charge on any atom is -0.387 e. The molecule has 1 aliphatic carbocycles. The number of nitrogens with one attached hydrogen (secondary N) is 1. The highest BCUT2D eigenvalue weighted by Gasteiger charge is 2.46. The van der Waals surface area contributed by atoms with Crippen LogP contribution in [0.25, 0.3) is 0 Å². The predicted molar refractivity (Wildman–Crippen MR) is 139 cm³/mol. The van der Waals surface area contributed by atoms with Gasteiger partial charge in [0.05, 0.1) is 30.9 Å². The molecule has 4 atom stereocenters. The first-order valence-electron chi connectivity index (χ1n) is 11.4. The average Bonchev–Trinajstić information content (AvgIpc) is 3.20. The van der Waals surface area contributed by atoms with Crippen LogP contribution in [0.2, 0.25) is 0 Å². The van der Waals surface area contributed by atoms with Crippen LogP contribution in [0.5, 0.6) is 0 Å². The fraction of sp³-hybridized carbons (Fsp3) is 0.696.